The molecule has 0 saturated carbocycles. The van der Waals surface area contributed by atoms with Crippen LogP contribution in [0.1, 0.15) is 23.2 Å². The van der Waals surface area contributed by atoms with Gasteiger partial charge in [0.05, 0.1) is 16.6 Å². The quantitative estimate of drug-likeness (QED) is 0.519. The van der Waals surface area contributed by atoms with Crippen LogP contribution < -0.4 is 14.8 Å². The summed E-state index contributed by atoms with van der Waals surface area (Å²) in [6.45, 7) is 1.20. The number of ether oxygens (including phenoxy) is 2. The number of hydrogen-bond donors (Lipinski definition) is 2. The van der Waals surface area contributed by atoms with E-state index in [2.05, 4.69) is 15.0 Å². The van der Waals surface area contributed by atoms with Crippen LogP contribution in [0.15, 0.2) is 71.8 Å². The number of rotatable bonds is 8. The van der Waals surface area contributed by atoms with Crippen molar-refractivity contribution in [3.63, 3.8) is 0 Å². The number of nitrogens with zero attached hydrogens (tertiary/aromatic N) is 1. The van der Waals surface area contributed by atoms with Gasteiger partial charge in [-0.1, -0.05) is 0 Å². The maximum Gasteiger partial charge on any atom is 0.261 e. The lowest BCUT2D eigenvalue weighted by molar-refractivity contribution is 0.0857. The summed E-state index contributed by atoms with van der Waals surface area (Å²) in [5.74, 6) is -0.0353. The molecule has 1 aromatic heterocycles. The summed E-state index contributed by atoms with van der Waals surface area (Å²) in [4.78, 5) is 16.3. The van der Waals surface area contributed by atoms with Gasteiger partial charge in [-0.25, -0.2) is 17.8 Å². The Morgan fingerprint density at radius 1 is 1.09 bits per heavy atom. The molecule has 2 aromatic carbocycles. The highest BCUT2D eigenvalue weighted by Gasteiger charge is 2.17. The van der Waals surface area contributed by atoms with Crippen molar-refractivity contribution < 1.29 is 27.1 Å². The average molecular weight is 472 g/mol. The molecule has 4 rings (SSSR count). The number of sulfonamides is 1. The lowest BCUT2D eigenvalue weighted by Gasteiger charge is -2.11. The Morgan fingerprint density at radius 3 is 2.48 bits per heavy atom. The number of halogens is 1. The van der Waals surface area contributed by atoms with Gasteiger partial charge >= 0.3 is 0 Å². The van der Waals surface area contributed by atoms with Crippen molar-refractivity contribution >= 4 is 21.6 Å². The molecule has 1 fully saturated rings. The number of nitrogens with one attached hydrogen (secondary N) is 2. The molecule has 0 aliphatic carbocycles. The predicted molar refractivity (Wildman–Crippen MR) is 119 cm³/mol. The van der Waals surface area contributed by atoms with Gasteiger partial charge in [0.1, 0.15) is 11.6 Å². The zero-order chi connectivity index (χ0) is 23.3. The lowest BCUT2D eigenvalue weighted by Crippen LogP contribution is -2.31. The number of amides is 1. The van der Waals surface area contributed by atoms with Gasteiger partial charge in [-0.2, -0.15) is 0 Å². The Hall–Kier alpha value is -3.50. The fourth-order valence-corrected chi connectivity index (χ4v) is 4.29. The first-order valence-electron chi connectivity index (χ1n) is 10.3. The molecular formula is C23H22FN3O5S. The number of carbonyl (C=O) groups excluding carboxylic acids is 1. The summed E-state index contributed by atoms with van der Waals surface area (Å²) in [7, 11) is -3.84. The largest absolute Gasteiger partial charge is 0.439 e. The lowest BCUT2D eigenvalue weighted by atomic mass is 10.2. The third-order valence-electron chi connectivity index (χ3n) is 4.97. The van der Waals surface area contributed by atoms with Crippen molar-refractivity contribution in [2.45, 2.75) is 23.8 Å². The summed E-state index contributed by atoms with van der Waals surface area (Å²) in [6, 6.07) is 13.9. The smallest absolute Gasteiger partial charge is 0.261 e. The Kier molecular flexibility index (Phi) is 6.85. The first-order chi connectivity index (χ1) is 15.9. The van der Waals surface area contributed by atoms with Gasteiger partial charge in [0.25, 0.3) is 15.9 Å². The third-order valence-corrected chi connectivity index (χ3v) is 6.36. The molecule has 1 saturated heterocycles. The van der Waals surface area contributed by atoms with Gasteiger partial charge in [-0.3, -0.25) is 9.52 Å². The van der Waals surface area contributed by atoms with E-state index in [1.54, 1.807) is 24.3 Å². The maximum absolute atomic E-state index is 13.0. The Labute approximate surface area is 190 Å². The number of pyridine rings is 1. The minimum atomic E-state index is -3.84. The second kappa shape index (κ2) is 9.97. The second-order valence-corrected chi connectivity index (χ2v) is 9.10. The van der Waals surface area contributed by atoms with Crippen molar-refractivity contribution in [2.24, 2.45) is 0 Å². The van der Waals surface area contributed by atoms with Crippen LogP contribution in [0.5, 0.6) is 11.6 Å². The summed E-state index contributed by atoms with van der Waals surface area (Å²) in [5.41, 5.74) is 0.726. The molecule has 33 heavy (non-hydrogen) atoms. The molecule has 1 aliphatic rings. The van der Waals surface area contributed by atoms with Crippen molar-refractivity contribution in [1.29, 1.82) is 0 Å². The molecule has 0 radical (unpaired) electrons. The molecule has 1 atom stereocenters. The van der Waals surface area contributed by atoms with E-state index in [1.165, 1.54) is 30.5 Å². The molecule has 1 amide bonds. The molecule has 0 unspecified atom stereocenters. The highest BCUT2D eigenvalue weighted by Crippen LogP contribution is 2.23. The van der Waals surface area contributed by atoms with E-state index in [-0.39, 0.29) is 22.8 Å². The molecule has 8 nitrogen and oxygen atoms in total. The van der Waals surface area contributed by atoms with Crippen LogP contribution in [0.25, 0.3) is 0 Å². The van der Waals surface area contributed by atoms with Gasteiger partial charge < -0.3 is 14.8 Å². The van der Waals surface area contributed by atoms with Crippen LogP contribution >= 0.6 is 0 Å². The fraction of sp³-hybridized carbons (Fsp3) is 0.217. The minimum Gasteiger partial charge on any atom is -0.439 e. The maximum atomic E-state index is 13.0. The molecule has 0 bridgehead atoms. The van der Waals surface area contributed by atoms with E-state index in [1.807, 2.05) is 0 Å². The van der Waals surface area contributed by atoms with Crippen LogP contribution in [0.3, 0.4) is 0 Å². The zero-order valence-corrected chi connectivity index (χ0v) is 18.3. The summed E-state index contributed by atoms with van der Waals surface area (Å²) >= 11 is 0. The first-order valence-corrected chi connectivity index (χ1v) is 11.8. The van der Waals surface area contributed by atoms with E-state index in [4.69, 9.17) is 9.47 Å². The second-order valence-electron chi connectivity index (χ2n) is 7.42. The fourth-order valence-electron chi connectivity index (χ4n) is 3.23. The third kappa shape index (κ3) is 6.05. The molecule has 172 valence electrons. The van der Waals surface area contributed by atoms with Gasteiger partial charge in [0, 0.05) is 31.1 Å². The van der Waals surface area contributed by atoms with Crippen LogP contribution in [0, 0.1) is 5.82 Å². The van der Waals surface area contributed by atoms with Crippen molar-refractivity contribution in [3.05, 3.63) is 78.2 Å². The zero-order valence-electron chi connectivity index (χ0n) is 17.5. The SMILES string of the molecule is O=C(NC[C@@H]1CCCO1)c1ccc(Oc2ccc(NS(=O)(=O)c3ccc(F)cc3)cc2)nc1. The summed E-state index contributed by atoms with van der Waals surface area (Å²) in [6.07, 6.45) is 3.44. The topological polar surface area (TPSA) is 107 Å². The van der Waals surface area contributed by atoms with E-state index in [9.17, 15) is 17.6 Å². The van der Waals surface area contributed by atoms with E-state index < -0.39 is 15.8 Å². The van der Waals surface area contributed by atoms with Gasteiger partial charge in [0.15, 0.2) is 0 Å². The normalized spacial score (nSPS) is 15.7. The van der Waals surface area contributed by atoms with Gasteiger partial charge in [-0.05, 0) is 67.4 Å². The molecule has 2 heterocycles. The van der Waals surface area contributed by atoms with Crippen molar-refractivity contribution in [1.82, 2.24) is 10.3 Å². The van der Waals surface area contributed by atoms with Gasteiger partial charge in [-0.15, -0.1) is 0 Å². The number of carbonyl (C=O) groups is 1. The molecule has 0 spiro atoms. The van der Waals surface area contributed by atoms with Crippen molar-refractivity contribution in [3.8, 4) is 11.6 Å². The standard InChI is InChI=1S/C23H22FN3O5S/c24-17-4-10-21(11-5-17)33(29,30)27-18-6-8-19(9-7-18)32-22-12-3-16(14-25-22)23(28)26-15-20-2-1-13-31-20/h3-12,14,20,27H,1-2,13,15H2,(H,26,28)/t20-/m0/s1. The van der Waals surface area contributed by atoms with Crippen LogP contribution in [0.4, 0.5) is 10.1 Å². The summed E-state index contributed by atoms with van der Waals surface area (Å²) in [5, 5.41) is 2.83. The van der Waals surface area contributed by atoms with Gasteiger partial charge in [0.2, 0.25) is 5.88 Å². The van der Waals surface area contributed by atoms with Crippen LogP contribution in [-0.2, 0) is 14.8 Å². The number of hydrogen-bond acceptors (Lipinski definition) is 6. The Morgan fingerprint density at radius 2 is 1.85 bits per heavy atom. The predicted octanol–water partition coefficient (Wildman–Crippen LogP) is 3.72. The molecule has 10 heteroatoms. The Bertz CT molecular complexity index is 1190. The molecule has 2 N–H and O–H groups in total. The highest BCUT2D eigenvalue weighted by atomic mass is 32.2. The Balaban J connectivity index is 1.33. The monoisotopic (exact) mass is 471 g/mol. The number of aromatic nitrogens is 1. The molecular weight excluding hydrogens is 449 g/mol. The molecule has 1 aliphatic heterocycles. The van der Waals surface area contributed by atoms with E-state index in [0.717, 1.165) is 31.6 Å². The van der Waals surface area contributed by atoms with E-state index >= 15 is 0 Å². The van der Waals surface area contributed by atoms with E-state index in [0.29, 0.717) is 23.5 Å². The van der Waals surface area contributed by atoms with Crippen LogP contribution in [0.2, 0.25) is 0 Å². The molecule has 3 aromatic rings. The highest BCUT2D eigenvalue weighted by molar-refractivity contribution is 7.92. The van der Waals surface area contributed by atoms with Crippen molar-refractivity contribution in [2.75, 3.05) is 17.9 Å². The average Bonchev–Trinajstić information content (AvgIpc) is 3.33. The summed E-state index contributed by atoms with van der Waals surface area (Å²) < 4.78 is 51.3. The number of anilines is 1. The minimum absolute atomic E-state index is 0.0479. The van der Waals surface area contributed by atoms with Crippen LogP contribution in [-0.4, -0.2) is 38.6 Å². The number of benzene rings is 2. The first kappa shape index (κ1) is 22.7.